The van der Waals surface area contributed by atoms with Crippen LogP contribution in [-0.4, -0.2) is 29.1 Å². The number of carbonyl (C=O) groups is 2. The smallest absolute Gasteiger partial charge is 0.455 e. The summed E-state index contributed by atoms with van der Waals surface area (Å²) in [4.78, 5) is 27.3. The van der Waals surface area contributed by atoms with E-state index < -0.39 is 18.2 Å². The van der Waals surface area contributed by atoms with Gasteiger partial charge in [0.2, 0.25) is 5.91 Å². The molecule has 0 radical (unpaired) electrons. The predicted octanol–water partition coefficient (Wildman–Crippen LogP) is 9.68. The average Bonchev–Trinajstić information content (AvgIpc) is 3.41. The molecule has 47 heavy (non-hydrogen) atoms. The predicted molar refractivity (Wildman–Crippen MR) is 177 cm³/mol. The van der Waals surface area contributed by atoms with Gasteiger partial charge in [0.25, 0.3) is 0 Å². The maximum absolute atomic E-state index is 13.8. The molecule has 0 aliphatic heterocycles. The topological polar surface area (TPSA) is 46.6 Å². The molecule has 4 nitrogen and oxygen atoms in total. The number of esters is 1. The van der Waals surface area contributed by atoms with Crippen LogP contribution < -0.4 is 0 Å². The molecule has 8 atom stereocenters. The number of nitrogens with zero attached hydrogens (tertiary/aromatic N) is 1. The van der Waals surface area contributed by atoms with Crippen molar-refractivity contribution in [3.05, 3.63) is 83.4 Å². The molecule has 4 aliphatic rings. The quantitative estimate of drug-likeness (QED) is 0.201. The van der Waals surface area contributed by atoms with E-state index in [4.69, 9.17) is 4.74 Å². The molecular formula is C40H50F3NO3. The number of allylic oxidation sites excluding steroid dienone is 1. The molecule has 0 bridgehead atoms. The lowest BCUT2D eigenvalue weighted by Gasteiger charge is -2.58. The molecule has 254 valence electrons. The van der Waals surface area contributed by atoms with Crippen LogP contribution in [0.1, 0.15) is 96.1 Å². The minimum absolute atomic E-state index is 0.0392. The van der Waals surface area contributed by atoms with Crippen molar-refractivity contribution in [1.29, 1.82) is 0 Å². The number of carbonyl (C=O) groups excluding carboxylic acids is 2. The summed E-state index contributed by atoms with van der Waals surface area (Å²) in [6.45, 7) is 8.40. The number of halogens is 3. The van der Waals surface area contributed by atoms with Crippen LogP contribution in [0.2, 0.25) is 0 Å². The third kappa shape index (κ3) is 6.91. The van der Waals surface area contributed by atoms with Crippen LogP contribution in [-0.2, 0) is 27.4 Å². The van der Waals surface area contributed by atoms with Crippen LogP contribution >= 0.6 is 0 Å². The summed E-state index contributed by atoms with van der Waals surface area (Å²) in [5.74, 6) is 0.873. The maximum atomic E-state index is 13.8. The second-order valence-electron chi connectivity index (χ2n) is 15.5. The van der Waals surface area contributed by atoms with Crippen LogP contribution in [0.15, 0.2) is 72.3 Å². The maximum Gasteiger partial charge on any atom is 0.490 e. The molecule has 0 aromatic heterocycles. The number of benzene rings is 2. The molecule has 1 amide bonds. The summed E-state index contributed by atoms with van der Waals surface area (Å²) < 4.78 is 43.5. The third-order valence-electron chi connectivity index (χ3n) is 12.9. The highest BCUT2D eigenvalue weighted by molar-refractivity contribution is 5.76. The fourth-order valence-corrected chi connectivity index (χ4v) is 10.5. The summed E-state index contributed by atoms with van der Waals surface area (Å²) in [6.07, 6.45) is 5.42. The number of rotatable bonds is 9. The second-order valence-corrected chi connectivity index (χ2v) is 15.5. The molecule has 4 aliphatic carbocycles. The molecule has 6 rings (SSSR count). The fraction of sp³-hybridized carbons (Fsp3) is 0.600. The normalized spacial score (nSPS) is 32.3. The largest absolute Gasteiger partial charge is 0.490 e. The number of fused-ring (bicyclic) bond motifs is 5. The Hall–Kier alpha value is -3.09. The molecule has 3 fully saturated rings. The molecule has 2 aromatic carbocycles. The molecule has 8 unspecified atom stereocenters. The van der Waals surface area contributed by atoms with Gasteiger partial charge in [-0.05, 0) is 103 Å². The van der Waals surface area contributed by atoms with E-state index in [1.54, 1.807) is 0 Å². The van der Waals surface area contributed by atoms with E-state index in [0.29, 0.717) is 61.9 Å². The Morgan fingerprint density at radius 3 is 2.15 bits per heavy atom. The molecule has 0 heterocycles. The zero-order valence-electron chi connectivity index (χ0n) is 28.1. The highest BCUT2D eigenvalue weighted by Gasteiger charge is 2.59. The first kappa shape index (κ1) is 33.8. The fourth-order valence-electron chi connectivity index (χ4n) is 10.5. The van der Waals surface area contributed by atoms with Crippen molar-refractivity contribution in [2.75, 3.05) is 0 Å². The Kier molecular flexibility index (Phi) is 9.66. The third-order valence-corrected chi connectivity index (χ3v) is 12.9. The lowest BCUT2D eigenvalue weighted by Crippen LogP contribution is -2.51. The summed E-state index contributed by atoms with van der Waals surface area (Å²) >= 11 is 0. The van der Waals surface area contributed by atoms with Gasteiger partial charge in [-0.2, -0.15) is 13.2 Å². The van der Waals surface area contributed by atoms with E-state index in [0.717, 1.165) is 43.2 Å². The summed E-state index contributed by atoms with van der Waals surface area (Å²) in [7, 11) is 0. The van der Waals surface area contributed by atoms with Gasteiger partial charge in [0.1, 0.15) is 6.10 Å². The Balaban J connectivity index is 1.09. The van der Waals surface area contributed by atoms with Crippen LogP contribution in [0.25, 0.3) is 0 Å². The van der Waals surface area contributed by atoms with Crippen molar-refractivity contribution in [2.24, 2.45) is 40.4 Å². The molecular weight excluding hydrogens is 599 g/mol. The van der Waals surface area contributed by atoms with Crippen molar-refractivity contribution in [3.8, 4) is 0 Å². The van der Waals surface area contributed by atoms with Crippen molar-refractivity contribution in [2.45, 2.75) is 110 Å². The molecule has 0 spiro atoms. The van der Waals surface area contributed by atoms with Crippen LogP contribution in [0, 0.1) is 40.4 Å². The lowest BCUT2D eigenvalue weighted by atomic mass is 9.47. The van der Waals surface area contributed by atoms with Gasteiger partial charge in [0.05, 0.1) is 0 Å². The molecule has 3 saturated carbocycles. The van der Waals surface area contributed by atoms with Gasteiger partial charge in [-0.3, -0.25) is 4.79 Å². The highest BCUT2D eigenvalue weighted by atomic mass is 19.4. The zero-order valence-corrected chi connectivity index (χ0v) is 28.1. The van der Waals surface area contributed by atoms with Gasteiger partial charge < -0.3 is 9.64 Å². The first-order chi connectivity index (χ1) is 22.4. The SMILES string of the molecule is CC(CCC(=O)N(Cc1ccccc1)Cc1ccccc1)C1CCC2C3CC=C4CC(OC(=O)C(F)(F)F)CCC4(C)C3CCC12C. The number of hydrogen-bond donors (Lipinski definition) is 0. The molecule has 2 aromatic rings. The standard InChI is InChI=1S/C40H50F3NO3/c1-27(14-19-36(45)44(25-28-10-6-4-7-11-28)26-29-12-8-5-9-13-29)33-17-18-34-32-16-15-30-24-31(47-37(46)40(41,42)43)20-22-38(30,2)35(32)21-23-39(33,34)3/h4-13,15,27,31-35H,14,16-26H2,1-3H3. The highest BCUT2D eigenvalue weighted by Crippen LogP contribution is 2.67. The van der Waals surface area contributed by atoms with E-state index in [9.17, 15) is 22.8 Å². The van der Waals surface area contributed by atoms with Crippen LogP contribution in [0.3, 0.4) is 0 Å². The van der Waals surface area contributed by atoms with Crippen LogP contribution in [0.4, 0.5) is 13.2 Å². The average molecular weight is 650 g/mol. The minimum atomic E-state index is -4.95. The van der Waals surface area contributed by atoms with E-state index in [2.05, 4.69) is 51.1 Å². The first-order valence-corrected chi connectivity index (χ1v) is 17.7. The van der Waals surface area contributed by atoms with E-state index in [-0.39, 0.29) is 16.7 Å². The molecule has 0 saturated heterocycles. The molecule has 7 heteroatoms. The Morgan fingerprint density at radius 2 is 1.53 bits per heavy atom. The van der Waals surface area contributed by atoms with Gasteiger partial charge >= 0.3 is 12.1 Å². The van der Waals surface area contributed by atoms with E-state index >= 15 is 0 Å². The summed E-state index contributed by atoms with van der Waals surface area (Å²) in [5.41, 5.74) is 3.68. The number of amides is 1. The lowest BCUT2D eigenvalue weighted by molar-refractivity contribution is -0.206. The Labute approximate surface area is 278 Å². The van der Waals surface area contributed by atoms with E-state index in [1.165, 1.54) is 18.4 Å². The van der Waals surface area contributed by atoms with Gasteiger partial charge in [0, 0.05) is 25.9 Å². The Morgan fingerprint density at radius 1 is 0.894 bits per heavy atom. The van der Waals surface area contributed by atoms with Crippen molar-refractivity contribution in [1.82, 2.24) is 4.90 Å². The molecule has 0 N–H and O–H groups in total. The monoisotopic (exact) mass is 649 g/mol. The zero-order chi connectivity index (χ0) is 33.4. The number of alkyl halides is 3. The minimum Gasteiger partial charge on any atom is -0.455 e. The van der Waals surface area contributed by atoms with Gasteiger partial charge in [-0.25, -0.2) is 4.79 Å². The van der Waals surface area contributed by atoms with Crippen molar-refractivity contribution >= 4 is 11.9 Å². The number of hydrogen-bond acceptors (Lipinski definition) is 3. The number of ether oxygens (including phenoxy) is 1. The second kappa shape index (κ2) is 13.4. The van der Waals surface area contributed by atoms with Crippen molar-refractivity contribution < 1.29 is 27.5 Å². The summed E-state index contributed by atoms with van der Waals surface area (Å²) in [6, 6.07) is 20.5. The first-order valence-electron chi connectivity index (χ1n) is 17.7. The summed E-state index contributed by atoms with van der Waals surface area (Å²) in [5, 5.41) is 0. The van der Waals surface area contributed by atoms with Gasteiger partial charge in [0.15, 0.2) is 0 Å². The van der Waals surface area contributed by atoms with Crippen LogP contribution in [0.5, 0.6) is 0 Å². The van der Waals surface area contributed by atoms with E-state index in [1.807, 2.05) is 41.3 Å². The Bertz CT molecular complexity index is 1400. The van der Waals surface area contributed by atoms with Gasteiger partial charge in [-0.15, -0.1) is 0 Å². The van der Waals surface area contributed by atoms with Crippen molar-refractivity contribution in [3.63, 3.8) is 0 Å². The van der Waals surface area contributed by atoms with Gasteiger partial charge in [-0.1, -0.05) is 93.1 Å².